The van der Waals surface area contributed by atoms with Gasteiger partial charge in [-0.2, -0.15) is 0 Å². The summed E-state index contributed by atoms with van der Waals surface area (Å²) in [5, 5.41) is 24.0. The minimum atomic E-state index is 0.348. The lowest BCUT2D eigenvalue weighted by Gasteiger charge is -2.26. The molecule has 0 bridgehead atoms. The molecule has 0 spiro atoms. The predicted molar refractivity (Wildman–Crippen MR) is 202 cm³/mol. The molecular weight excluding hydrogens is 596 g/mol. The first kappa shape index (κ1) is 36.2. The van der Waals surface area contributed by atoms with Gasteiger partial charge in [-0.1, -0.05) is 70.8 Å². The zero-order chi connectivity index (χ0) is 34.1. The fourth-order valence-electron chi connectivity index (χ4n) is 5.13. The third kappa shape index (κ3) is 12.2. The molecule has 0 fully saturated rings. The number of guanidine groups is 2. The minimum Gasteiger partial charge on any atom is -0.381 e. The Morgan fingerprint density at radius 3 is 1.08 bits per heavy atom. The van der Waals surface area contributed by atoms with Gasteiger partial charge >= 0.3 is 0 Å². The summed E-state index contributed by atoms with van der Waals surface area (Å²) in [7, 11) is 0. The van der Waals surface area contributed by atoms with E-state index in [0.717, 1.165) is 48.4 Å². The van der Waals surface area contributed by atoms with E-state index in [1.165, 1.54) is 22.3 Å². The van der Waals surface area contributed by atoms with E-state index < -0.39 is 0 Å². The molecule has 0 saturated carbocycles. The van der Waals surface area contributed by atoms with Crippen molar-refractivity contribution in [3.63, 3.8) is 0 Å². The largest absolute Gasteiger partial charge is 0.381 e. The summed E-state index contributed by atoms with van der Waals surface area (Å²) in [6, 6.07) is 32.8. The smallest absolute Gasteiger partial charge is 0.200 e. The molecule has 0 aromatic heterocycles. The Hall–Kier alpha value is -4.66. The van der Waals surface area contributed by atoms with Crippen LogP contribution in [0.2, 0.25) is 0 Å². The molecule has 0 aliphatic carbocycles. The Kier molecular flexibility index (Phi) is 14.5. The number of nitrogens with one attached hydrogen (secondary N) is 4. The van der Waals surface area contributed by atoms with Crippen LogP contribution in [0.25, 0.3) is 0 Å². The molecule has 4 rings (SSSR count). The molecular formula is C40H52N6O2. The molecule has 0 radical (unpaired) electrons. The van der Waals surface area contributed by atoms with Crippen LogP contribution in [0.5, 0.6) is 0 Å². The van der Waals surface area contributed by atoms with E-state index in [1.54, 1.807) is 0 Å². The van der Waals surface area contributed by atoms with Gasteiger partial charge in [0.2, 0.25) is 0 Å². The molecule has 0 heterocycles. The fraction of sp³-hybridized carbons (Fsp3) is 0.350. The number of anilines is 4. The zero-order valence-corrected chi connectivity index (χ0v) is 29.0. The van der Waals surface area contributed by atoms with Gasteiger partial charge in [0.1, 0.15) is 0 Å². The number of aryl methyl sites for hydroxylation is 4. The maximum absolute atomic E-state index is 8.76. The molecule has 8 heteroatoms. The van der Waals surface area contributed by atoms with Crippen LogP contribution in [0.15, 0.2) is 97.1 Å². The first-order valence-corrected chi connectivity index (χ1v) is 17.0. The van der Waals surface area contributed by atoms with Gasteiger partial charge in [-0.25, -0.2) is 0 Å². The second-order valence-electron chi connectivity index (χ2n) is 12.3. The molecule has 0 atom stereocenters. The number of rotatable bonds is 17. The maximum Gasteiger partial charge on any atom is 0.200 e. The van der Waals surface area contributed by atoms with E-state index in [4.69, 9.17) is 20.3 Å². The van der Waals surface area contributed by atoms with E-state index in [-0.39, 0.29) is 0 Å². The molecule has 0 aliphatic rings. The molecule has 0 amide bonds. The first-order chi connectivity index (χ1) is 23.3. The highest BCUT2D eigenvalue weighted by atomic mass is 16.5. The van der Waals surface area contributed by atoms with Crippen LogP contribution in [0.4, 0.5) is 22.7 Å². The molecule has 8 nitrogen and oxygen atoms in total. The first-order valence-electron chi connectivity index (χ1n) is 17.0. The molecule has 0 unspecified atom stereocenters. The number of benzene rings is 4. The van der Waals surface area contributed by atoms with Crippen molar-refractivity contribution in [1.82, 2.24) is 0 Å². The lowest BCUT2D eigenvalue weighted by molar-refractivity contribution is 0.102. The number of hydrogen-bond acceptors (Lipinski definition) is 4. The normalized spacial score (nSPS) is 10.8. The highest BCUT2D eigenvalue weighted by Crippen LogP contribution is 2.19. The highest BCUT2D eigenvalue weighted by molar-refractivity contribution is 6.04. The monoisotopic (exact) mass is 648 g/mol. The second-order valence-corrected chi connectivity index (χ2v) is 12.3. The second kappa shape index (κ2) is 19.2. The average molecular weight is 649 g/mol. The molecule has 48 heavy (non-hydrogen) atoms. The van der Waals surface area contributed by atoms with Crippen molar-refractivity contribution in [3.8, 4) is 0 Å². The Labute approximate surface area is 287 Å². The van der Waals surface area contributed by atoms with Crippen molar-refractivity contribution in [2.45, 2.75) is 53.4 Å². The summed E-state index contributed by atoms with van der Waals surface area (Å²) < 4.78 is 11.9. The Morgan fingerprint density at radius 1 is 0.458 bits per heavy atom. The highest BCUT2D eigenvalue weighted by Gasteiger charge is 2.14. The van der Waals surface area contributed by atoms with Gasteiger partial charge in [0.05, 0.1) is 0 Å². The van der Waals surface area contributed by atoms with E-state index in [9.17, 15) is 0 Å². The van der Waals surface area contributed by atoms with Gasteiger partial charge in [-0.3, -0.25) is 10.8 Å². The zero-order valence-electron chi connectivity index (χ0n) is 29.0. The summed E-state index contributed by atoms with van der Waals surface area (Å²) in [5.41, 5.74) is 8.55. The van der Waals surface area contributed by atoms with Crippen molar-refractivity contribution in [1.29, 1.82) is 10.8 Å². The van der Waals surface area contributed by atoms with Gasteiger partial charge in [0, 0.05) is 62.3 Å². The lowest BCUT2D eigenvalue weighted by Crippen LogP contribution is -2.37. The van der Waals surface area contributed by atoms with Crippen LogP contribution >= 0.6 is 0 Å². The summed E-state index contributed by atoms with van der Waals surface area (Å²) >= 11 is 0. The molecule has 4 aromatic rings. The number of hydrogen-bond donors (Lipinski definition) is 4. The third-order valence-corrected chi connectivity index (χ3v) is 8.03. The standard InChI is InChI=1S/C40H52N6O2/c1-31-9-17-35(18-10-31)43-39(41)45(37-21-13-33(3)14-22-37)25-7-29-47-27-5-6-28-48-30-8-26-46(38-23-15-34(4)16-24-38)40(42)44-36-19-11-32(2)12-20-36/h9-24H,5-8,25-30H2,1-4H3,(H2,41,43)(H2,42,44). The van der Waals surface area contributed by atoms with Crippen LogP contribution in [0.1, 0.15) is 47.9 Å². The van der Waals surface area contributed by atoms with Crippen molar-refractivity contribution < 1.29 is 9.47 Å². The van der Waals surface area contributed by atoms with Gasteiger partial charge < -0.3 is 29.9 Å². The molecule has 0 saturated heterocycles. The lowest BCUT2D eigenvalue weighted by atomic mass is 10.2. The van der Waals surface area contributed by atoms with Crippen molar-refractivity contribution in [2.75, 3.05) is 60.0 Å². The van der Waals surface area contributed by atoms with Gasteiger partial charge in [0.15, 0.2) is 11.9 Å². The summed E-state index contributed by atoms with van der Waals surface area (Å²) in [4.78, 5) is 3.99. The predicted octanol–water partition coefficient (Wildman–Crippen LogP) is 8.92. The summed E-state index contributed by atoms with van der Waals surface area (Å²) in [6.07, 6.45) is 3.50. The van der Waals surface area contributed by atoms with Gasteiger partial charge in [0.25, 0.3) is 0 Å². The van der Waals surface area contributed by atoms with Crippen LogP contribution in [-0.4, -0.2) is 51.4 Å². The van der Waals surface area contributed by atoms with Crippen LogP contribution in [0.3, 0.4) is 0 Å². The molecule has 4 aromatic carbocycles. The summed E-state index contributed by atoms with van der Waals surface area (Å²) in [6.45, 7) is 12.3. The van der Waals surface area contributed by atoms with Crippen LogP contribution in [-0.2, 0) is 9.47 Å². The number of nitrogens with zero attached hydrogens (tertiary/aromatic N) is 2. The molecule has 254 valence electrons. The summed E-state index contributed by atoms with van der Waals surface area (Å²) in [5.74, 6) is 0.697. The SMILES string of the molecule is Cc1ccc(NC(=N)N(CCCOCCCCOCCCN(C(=N)Nc2ccc(C)cc2)c2ccc(C)cc2)c2ccc(C)cc2)cc1. The molecule has 4 N–H and O–H groups in total. The fourth-order valence-corrected chi connectivity index (χ4v) is 5.13. The number of ether oxygens (including phenoxy) is 2. The van der Waals surface area contributed by atoms with Gasteiger partial charge in [-0.15, -0.1) is 0 Å². The van der Waals surface area contributed by atoms with Crippen molar-refractivity contribution >= 4 is 34.7 Å². The van der Waals surface area contributed by atoms with E-state index >= 15 is 0 Å². The Morgan fingerprint density at radius 2 is 0.750 bits per heavy atom. The van der Waals surface area contributed by atoms with Crippen molar-refractivity contribution in [3.05, 3.63) is 119 Å². The number of unbranched alkanes of at least 4 members (excludes halogenated alkanes) is 1. The van der Waals surface area contributed by atoms with Crippen LogP contribution in [0, 0.1) is 38.5 Å². The average Bonchev–Trinajstić information content (AvgIpc) is 3.08. The van der Waals surface area contributed by atoms with Crippen molar-refractivity contribution in [2.24, 2.45) is 0 Å². The van der Waals surface area contributed by atoms with Crippen LogP contribution < -0.4 is 20.4 Å². The van der Waals surface area contributed by atoms with E-state index in [1.807, 2.05) is 58.3 Å². The minimum absolute atomic E-state index is 0.348. The van der Waals surface area contributed by atoms with E-state index in [2.05, 4.69) is 86.9 Å². The van der Waals surface area contributed by atoms with Gasteiger partial charge in [-0.05, 0) is 102 Å². The Bertz CT molecular complexity index is 1420. The van der Waals surface area contributed by atoms with E-state index in [0.29, 0.717) is 51.4 Å². The third-order valence-electron chi connectivity index (χ3n) is 8.03. The Balaban J connectivity index is 1.12. The maximum atomic E-state index is 8.76. The topological polar surface area (TPSA) is 96.7 Å². The quantitative estimate of drug-likeness (QED) is 0.0519. The molecule has 0 aliphatic heterocycles.